The van der Waals surface area contributed by atoms with Crippen molar-refractivity contribution in [3.63, 3.8) is 0 Å². The predicted octanol–water partition coefficient (Wildman–Crippen LogP) is 5.57. The molecule has 0 bridgehead atoms. The van der Waals surface area contributed by atoms with Crippen LogP contribution in [0.1, 0.15) is 18.3 Å². The standard InChI is InChI=1S/C13H13BrCl2N2S/c1-3-18-11(13(14)8(2)17-18)7-19-12-6-9(15)4-5-10(12)16/h4-6H,3,7H2,1-2H3. The first-order valence-electron chi connectivity index (χ1n) is 5.82. The smallest absolute Gasteiger partial charge is 0.0739 e. The molecule has 1 aromatic carbocycles. The Morgan fingerprint density at radius 1 is 1.37 bits per heavy atom. The van der Waals surface area contributed by atoms with Crippen LogP contribution in [0.15, 0.2) is 27.6 Å². The zero-order valence-corrected chi connectivity index (χ0v) is 14.5. The molecule has 0 atom stereocenters. The lowest BCUT2D eigenvalue weighted by molar-refractivity contribution is 0.631. The van der Waals surface area contributed by atoms with Crippen molar-refractivity contribution in [2.45, 2.75) is 31.0 Å². The normalized spacial score (nSPS) is 11.0. The average Bonchev–Trinajstić information content (AvgIpc) is 2.66. The van der Waals surface area contributed by atoms with E-state index in [1.54, 1.807) is 17.8 Å². The molecule has 0 N–H and O–H groups in total. The average molecular weight is 380 g/mol. The molecule has 6 heteroatoms. The molecule has 0 spiro atoms. The van der Waals surface area contributed by atoms with Crippen molar-refractivity contribution < 1.29 is 0 Å². The molecule has 0 fully saturated rings. The summed E-state index contributed by atoms with van der Waals surface area (Å²) in [6.07, 6.45) is 0. The molecule has 0 saturated heterocycles. The van der Waals surface area contributed by atoms with E-state index in [9.17, 15) is 0 Å². The maximum atomic E-state index is 6.17. The molecule has 19 heavy (non-hydrogen) atoms. The molecule has 102 valence electrons. The van der Waals surface area contributed by atoms with Crippen molar-refractivity contribution in [2.24, 2.45) is 0 Å². The largest absolute Gasteiger partial charge is 0.268 e. The molecule has 2 aromatic rings. The van der Waals surface area contributed by atoms with Crippen LogP contribution in [0.25, 0.3) is 0 Å². The number of benzene rings is 1. The molecule has 2 rings (SSSR count). The van der Waals surface area contributed by atoms with Crippen molar-refractivity contribution in [2.75, 3.05) is 0 Å². The third kappa shape index (κ3) is 3.48. The minimum atomic E-state index is 0.700. The summed E-state index contributed by atoms with van der Waals surface area (Å²) < 4.78 is 3.07. The number of hydrogen-bond donors (Lipinski definition) is 0. The fraction of sp³-hybridized carbons (Fsp3) is 0.308. The first-order valence-corrected chi connectivity index (χ1v) is 8.36. The van der Waals surface area contributed by atoms with Crippen LogP contribution in [0.2, 0.25) is 10.0 Å². The lowest BCUT2D eigenvalue weighted by Gasteiger charge is -2.07. The molecule has 0 aliphatic carbocycles. The van der Waals surface area contributed by atoms with E-state index in [0.717, 1.165) is 32.4 Å². The lowest BCUT2D eigenvalue weighted by atomic mass is 10.4. The SMILES string of the molecule is CCn1nc(C)c(Br)c1CSc1cc(Cl)ccc1Cl. The van der Waals surface area contributed by atoms with Crippen LogP contribution in [0, 0.1) is 6.92 Å². The Kier molecular flexibility index (Phi) is 5.23. The number of aryl methyl sites for hydroxylation is 2. The zero-order chi connectivity index (χ0) is 14.0. The lowest BCUT2D eigenvalue weighted by Crippen LogP contribution is -2.01. The number of nitrogens with zero attached hydrogens (tertiary/aromatic N) is 2. The van der Waals surface area contributed by atoms with Crippen LogP contribution >= 0.6 is 50.9 Å². The fourth-order valence-corrected chi connectivity index (χ4v) is 3.87. The molecule has 0 amide bonds. The van der Waals surface area contributed by atoms with Crippen LogP contribution in [0.4, 0.5) is 0 Å². The van der Waals surface area contributed by atoms with Gasteiger partial charge < -0.3 is 0 Å². The fourth-order valence-electron chi connectivity index (χ4n) is 1.74. The first kappa shape index (κ1) is 15.2. The molecule has 0 aliphatic heterocycles. The molecule has 1 aromatic heterocycles. The summed E-state index contributed by atoms with van der Waals surface area (Å²) in [5.74, 6) is 0.801. The van der Waals surface area contributed by atoms with Crippen LogP contribution in [0.3, 0.4) is 0 Å². The van der Waals surface area contributed by atoms with Gasteiger partial charge >= 0.3 is 0 Å². The Labute approximate surface area is 135 Å². The van der Waals surface area contributed by atoms with Gasteiger partial charge in [-0.1, -0.05) is 23.2 Å². The quantitative estimate of drug-likeness (QED) is 0.646. The van der Waals surface area contributed by atoms with Crippen LogP contribution in [-0.4, -0.2) is 9.78 Å². The first-order chi connectivity index (χ1) is 9.02. The minimum Gasteiger partial charge on any atom is -0.268 e. The third-order valence-corrected chi connectivity index (χ3v) is 5.49. The van der Waals surface area contributed by atoms with Gasteiger partial charge in [-0.15, -0.1) is 11.8 Å². The number of halogens is 3. The maximum Gasteiger partial charge on any atom is 0.0739 e. The second kappa shape index (κ2) is 6.53. The highest BCUT2D eigenvalue weighted by atomic mass is 79.9. The van der Waals surface area contributed by atoms with Crippen molar-refractivity contribution in [3.05, 3.63) is 44.1 Å². The van der Waals surface area contributed by atoms with Gasteiger partial charge in [-0.3, -0.25) is 4.68 Å². The van der Waals surface area contributed by atoms with E-state index < -0.39 is 0 Å². The Morgan fingerprint density at radius 2 is 2.11 bits per heavy atom. The molecule has 0 aliphatic rings. The van der Waals surface area contributed by atoms with E-state index in [1.165, 1.54) is 5.69 Å². The Hall–Kier alpha value is -0.160. The number of hydrogen-bond acceptors (Lipinski definition) is 2. The molecule has 0 radical (unpaired) electrons. The molecule has 0 unspecified atom stereocenters. The van der Waals surface area contributed by atoms with Gasteiger partial charge in [0, 0.05) is 22.2 Å². The summed E-state index contributed by atoms with van der Waals surface area (Å²) in [5, 5.41) is 5.91. The van der Waals surface area contributed by atoms with Crippen molar-refractivity contribution in [1.29, 1.82) is 0 Å². The van der Waals surface area contributed by atoms with Gasteiger partial charge in [-0.25, -0.2) is 0 Å². The zero-order valence-electron chi connectivity index (χ0n) is 10.6. The number of thioether (sulfide) groups is 1. The Morgan fingerprint density at radius 3 is 2.79 bits per heavy atom. The van der Waals surface area contributed by atoms with Gasteiger partial charge in [0.15, 0.2) is 0 Å². The van der Waals surface area contributed by atoms with E-state index in [2.05, 4.69) is 28.0 Å². The van der Waals surface area contributed by atoms with E-state index >= 15 is 0 Å². The van der Waals surface area contributed by atoms with Crippen LogP contribution < -0.4 is 0 Å². The number of aromatic nitrogens is 2. The second-order valence-corrected chi connectivity index (χ2v) is 6.68. The number of rotatable bonds is 4. The summed E-state index contributed by atoms with van der Waals surface area (Å²) in [5.41, 5.74) is 2.18. The van der Waals surface area contributed by atoms with Crippen molar-refractivity contribution >= 4 is 50.9 Å². The highest BCUT2D eigenvalue weighted by molar-refractivity contribution is 9.10. The summed E-state index contributed by atoms with van der Waals surface area (Å²) in [6.45, 7) is 4.93. The second-order valence-electron chi connectivity index (χ2n) is 4.03. The third-order valence-electron chi connectivity index (χ3n) is 2.71. The van der Waals surface area contributed by atoms with Gasteiger partial charge in [0.05, 0.1) is 20.9 Å². The maximum absolute atomic E-state index is 6.17. The molecule has 1 heterocycles. The topological polar surface area (TPSA) is 17.8 Å². The summed E-state index contributed by atoms with van der Waals surface area (Å²) in [6, 6.07) is 5.51. The monoisotopic (exact) mass is 378 g/mol. The minimum absolute atomic E-state index is 0.700. The highest BCUT2D eigenvalue weighted by Gasteiger charge is 2.13. The Balaban J connectivity index is 2.21. The summed E-state index contributed by atoms with van der Waals surface area (Å²) in [4.78, 5) is 0.988. The molecule has 2 nitrogen and oxygen atoms in total. The van der Waals surface area contributed by atoms with Crippen LogP contribution in [-0.2, 0) is 12.3 Å². The summed E-state index contributed by atoms with van der Waals surface area (Å²) >= 11 is 17.4. The van der Waals surface area contributed by atoms with Gasteiger partial charge in [0.2, 0.25) is 0 Å². The van der Waals surface area contributed by atoms with Gasteiger partial charge in [-0.05, 0) is 48.0 Å². The van der Waals surface area contributed by atoms with Crippen molar-refractivity contribution in [3.8, 4) is 0 Å². The molecular weight excluding hydrogens is 367 g/mol. The van der Waals surface area contributed by atoms with Gasteiger partial charge in [0.1, 0.15) is 0 Å². The van der Waals surface area contributed by atoms with E-state index in [0.29, 0.717) is 5.02 Å². The van der Waals surface area contributed by atoms with Crippen molar-refractivity contribution in [1.82, 2.24) is 9.78 Å². The summed E-state index contributed by atoms with van der Waals surface area (Å²) in [7, 11) is 0. The van der Waals surface area contributed by atoms with Crippen LogP contribution in [0.5, 0.6) is 0 Å². The Bertz CT molecular complexity index is 599. The predicted molar refractivity (Wildman–Crippen MR) is 86.4 cm³/mol. The van der Waals surface area contributed by atoms with Gasteiger partial charge in [-0.2, -0.15) is 5.10 Å². The molecular formula is C13H13BrCl2N2S. The van der Waals surface area contributed by atoms with E-state index in [4.69, 9.17) is 23.2 Å². The molecule has 0 saturated carbocycles. The van der Waals surface area contributed by atoms with E-state index in [-0.39, 0.29) is 0 Å². The highest BCUT2D eigenvalue weighted by Crippen LogP contribution is 2.34. The van der Waals surface area contributed by atoms with E-state index in [1.807, 2.05) is 23.7 Å². The van der Waals surface area contributed by atoms with Gasteiger partial charge in [0.25, 0.3) is 0 Å².